The van der Waals surface area contributed by atoms with Crippen LogP contribution >= 0.6 is 0 Å². The maximum atomic E-state index is 11.9. The molecule has 2 fully saturated rings. The van der Waals surface area contributed by atoms with Gasteiger partial charge in [-0.2, -0.15) is 0 Å². The normalized spacial score (nSPS) is 40.4. The monoisotopic (exact) mass is 290 g/mol. The molecule has 2 saturated carbocycles. The van der Waals surface area contributed by atoms with Gasteiger partial charge >= 0.3 is 5.97 Å². The van der Waals surface area contributed by atoms with Crippen LogP contribution in [0.1, 0.15) is 65.7 Å². The topological polar surface area (TPSA) is 37.3 Å². The maximum absolute atomic E-state index is 11.9. The Bertz CT molecular complexity index is 450. The van der Waals surface area contributed by atoms with E-state index in [1.54, 1.807) is 0 Å². The number of carboxylic acid groups (broad SMARTS) is 1. The highest BCUT2D eigenvalue weighted by molar-refractivity contribution is 5.75. The van der Waals surface area contributed by atoms with Crippen LogP contribution in [-0.2, 0) is 4.79 Å². The molecule has 2 rings (SSSR count). The van der Waals surface area contributed by atoms with E-state index in [-0.39, 0.29) is 5.41 Å². The zero-order valence-corrected chi connectivity index (χ0v) is 13.8. The van der Waals surface area contributed by atoms with E-state index < -0.39 is 11.4 Å². The van der Waals surface area contributed by atoms with Gasteiger partial charge in [0.2, 0.25) is 0 Å². The molecule has 0 heterocycles. The molecule has 2 nitrogen and oxygen atoms in total. The molecule has 118 valence electrons. The summed E-state index contributed by atoms with van der Waals surface area (Å²) in [7, 11) is 0. The van der Waals surface area contributed by atoms with Crippen molar-refractivity contribution < 1.29 is 9.90 Å². The third-order valence-electron chi connectivity index (χ3n) is 6.49. The molecule has 4 unspecified atom stereocenters. The first-order valence-corrected chi connectivity index (χ1v) is 8.37. The Morgan fingerprint density at radius 3 is 2.62 bits per heavy atom. The van der Waals surface area contributed by atoms with E-state index in [4.69, 9.17) is 0 Å². The van der Waals surface area contributed by atoms with Crippen molar-refractivity contribution in [1.29, 1.82) is 0 Å². The summed E-state index contributed by atoms with van der Waals surface area (Å²) in [5, 5.41) is 9.77. The van der Waals surface area contributed by atoms with Crippen LogP contribution in [0, 0.1) is 22.7 Å². The highest BCUT2D eigenvalue weighted by Gasteiger charge is 2.56. The molecule has 0 aliphatic heterocycles. The van der Waals surface area contributed by atoms with Gasteiger partial charge in [-0.25, -0.2) is 0 Å². The Hall–Kier alpha value is -1.05. The molecule has 4 atom stereocenters. The maximum Gasteiger partial charge on any atom is 0.309 e. The fourth-order valence-corrected chi connectivity index (χ4v) is 5.00. The molecule has 1 N–H and O–H groups in total. The first-order chi connectivity index (χ1) is 9.84. The Morgan fingerprint density at radius 2 is 2.00 bits per heavy atom. The number of carbonyl (C=O) groups is 1. The quantitative estimate of drug-likeness (QED) is 0.722. The molecule has 0 spiro atoms. The lowest BCUT2D eigenvalue weighted by Gasteiger charge is -2.56. The number of fused-ring (bicyclic) bond motifs is 1. The first-order valence-electron chi connectivity index (χ1n) is 8.37. The number of carboxylic acids is 1. The smallest absolute Gasteiger partial charge is 0.309 e. The molecule has 0 aromatic rings. The molecule has 0 bridgehead atoms. The standard InChI is InChI=1S/C19H30O2/c1-5-14(2)10-11-15-8-6-9-16-18(15,3)12-7-13-19(16,4)17(20)21/h5,10,15-16H,1,6-9,11-13H2,2-4H3,(H,20,21)/b14-10+. The minimum Gasteiger partial charge on any atom is -0.481 e. The number of rotatable bonds is 4. The van der Waals surface area contributed by atoms with Crippen molar-refractivity contribution in [3.05, 3.63) is 24.3 Å². The van der Waals surface area contributed by atoms with Gasteiger partial charge in [0.25, 0.3) is 0 Å². The fourth-order valence-electron chi connectivity index (χ4n) is 5.00. The van der Waals surface area contributed by atoms with Crippen molar-refractivity contribution in [3.63, 3.8) is 0 Å². The second kappa shape index (κ2) is 5.98. The van der Waals surface area contributed by atoms with Crippen LogP contribution in [0.2, 0.25) is 0 Å². The minimum atomic E-state index is -0.586. The number of allylic oxidation sites excluding steroid dienone is 3. The van der Waals surface area contributed by atoms with Crippen molar-refractivity contribution in [2.75, 3.05) is 0 Å². The summed E-state index contributed by atoms with van der Waals surface area (Å²) in [5.74, 6) is 0.356. The van der Waals surface area contributed by atoms with E-state index in [1.807, 2.05) is 13.0 Å². The van der Waals surface area contributed by atoms with E-state index in [9.17, 15) is 9.90 Å². The van der Waals surface area contributed by atoms with Crippen molar-refractivity contribution >= 4 is 5.97 Å². The van der Waals surface area contributed by atoms with Gasteiger partial charge in [-0.1, -0.05) is 44.1 Å². The highest BCUT2D eigenvalue weighted by atomic mass is 16.4. The van der Waals surface area contributed by atoms with Crippen molar-refractivity contribution in [2.24, 2.45) is 22.7 Å². The molecule has 0 aromatic carbocycles. The van der Waals surface area contributed by atoms with E-state index in [0.717, 1.165) is 25.7 Å². The zero-order valence-electron chi connectivity index (χ0n) is 13.8. The van der Waals surface area contributed by atoms with Crippen LogP contribution in [0.25, 0.3) is 0 Å². The average molecular weight is 290 g/mol. The largest absolute Gasteiger partial charge is 0.481 e. The van der Waals surface area contributed by atoms with E-state index in [1.165, 1.54) is 24.8 Å². The summed E-state index contributed by atoms with van der Waals surface area (Å²) < 4.78 is 0. The Kier molecular flexibility index (Phi) is 4.65. The lowest BCUT2D eigenvalue weighted by molar-refractivity contribution is -0.166. The van der Waals surface area contributed by atoms with E-state index >= 15 is 0 Å². The predicted octanol–water partition coefficient (Wildman–Crippen LogP) is 5.21. The van der Waals surface area contributed by atoms with Crippen molar-refractivity contribution in [1.82, 2.24) is 0 Å². The molecule has 0 radical (unpaired) electrons. The van der Waals surface area contributed by atoms with Crippen LogP contribution in [0.3, 0.4) is 0 Å². The molecule has 2 aliphatic rings. The molecule has 21 heavy (non-hydrogen) atoms. The summed E-state index contributed by atoms with van der Waals surface area (Å²) in [6, 6.07) is 0. The third-order valence-corrected chi connectivity index (χ3v) is 6.49. The Morgan fingerprint density at radius 1 is 1.29 bits per heavy atom. The van der Waals surface area contributed by atoms with Gasteiger partial charge in [0.05, 0.1) is 5.41 Å². The van der Waals surface area contributed by atoms with Crippen LogP contribution in [0.5, 0.6) is 0 Å². The second-order valence-electron chi connectivity index (χ2n) is 7.65. The fraction of sp³-hybridized carbons (Fsp3) is 0.737. The van der Waals surface area contributed by atoms with Gasteiger partial charge in [-0.15, -0.1) is 0 Å². The molecule has 2 aliphatic carbocycles. The predicted molar refractivity (Wildman–Crippen MR) is 87.1 cm³/mol. The second-order valence-corrected chi connectivity index (χ2v) is 7.65. The molecular weight excluding hydrogens is 260 g/mol. The van der Waals surface area contributed by atoms with Gasteiger partial charge in [0.1, 0.15) is 0 Å². The Balaban J connectivity index is 2.27. The van der Waals surface area contributed by atoms with Crippen LogP contribution < -0.4 is 0 Å². The van der Waals surface area contributed by atoms with Crippen molar-refractivity contribution in [3.8, 4) is 0 Å². The average Bonchev–Trinajstić information content (AvgIpc) is 2.44. The molecule has 0 amide bonds. The van der Waals surface area contributed by atoms with Gasteiger partial charge in [-0.05, 0) is 63.2 Å². The minimum absolute atomic E-state index is 0.182. The summed E-state index contributed by atoms with van der Waals surface area (Å²) in [4.78, 5) is 11.9. The summed E-state index contributed by atoms with van der Waals surface area (Å²) in [6.07, 6.45) is 11.8. The number of hydrogen-bond acceptors (Lipinski definition) is 1. The highest BCUT2D eigenvalue weighted by Crippen LogP contribution is 2.60. The van der Waals surface area contributed by atoms with Crippen LogP contribution in [-0.4, -0.2) is 11.1 Å². The molecule has 0 aromatic heterocycles. The zero-order chi connectivity index (χ0) is 15.7. The molecule has 0 saturated heterocycles. The van der Waals surface area contributed by atoms with Crippen LogP contribution in [0.15, 0.2) is 24.3 Å². The Labute approximate surface area is 129 Å². The third kappa shape index (κ3) is 2.82. The number of aliphatic carboxylic acids is 1. The van der Waals surface area contributed by atoms with Crippen molar-refractivity contribution in [2.45, 2.75) is 65.7 Å². The van der Waals surface area contributed by atoms with Gasteiger partial charge in [0, 0.05) is 0 Å². The van der Waals surface area contributed by atoms with Crippen LogP contribution in [0.4, 0.5) is 0 Å². The summed E-state index contributed by atoms with van der Waals surface area (Å²) >= 11 is 0. The summed E-state index contributed by atoms with van der Waals surface area (Å²) in [6.45, 7) is 10.3. The summed E-state index contributed by atoms with van der Waals surface area (Å²) in [5.41, 5.74) is 0.891. The van der Waals surface area contributed by atoms with Gasteiger partial charge in [0.15, 0.2) is 0 Å². The molecular formula is C19H30O2. The number of hydrogen-bond donors (Lipinski definition) is 1. The molecule has 2 heteroatoms. The van der Waals surface area contributed by atoms with Gasteiger partial charge in [-0.3, -0.25) is 4.79 Å². The van der Waals surface area contributed by atoms with Gasteiger partial charge < -0.3 is 5.11 Å². The van der Waals surface area contributed by atoms with E-state index in [0.29, 0.717) is 11.8 Å². The first kappa shape index (κ1) is 16.3. The lowest BCUT2D eigenvalue weighted by atomic mass is 9.47. The van der Waals surface area contributed by atoms with E-state index in [2.05, 4.69) is 26.5 Å². The lowest BCUT2D eigenvalue weighted by Crippen LogP contribution is -2.52. The SMILES string of the molecule is C=C/C(C)=C/CC1CCCC2C(C)(C(=O)O)CCCC12C.